The summed E-state index contributed by atoms with van der Waals surface area (Å²) in [5.41, 5.74) is 0.699. The Morgan fingerprint density at radius 2 is 1.93 bits per heavy atom. The molecule has 1 N–H and O–H groups in total. The topological polar surface area (TPSA) is 63.9 Å². The van der Waals surface area contributed by atoms with Crippen molar-refractivity contribution in [1.82, 2.24) is 15.1 Å². The maximum absolute atomic E-state index is 12.8. The molecule has 2 heterocycles. The lowest BCUT2D eigenvalue weighted by Gasteiger charge is -2.07. The third-order valence-corrected chi connectivity index (χ3v) is 4.03. The van der Waals surface area contributed by atoms with Crippen LogP contribution in [0.5, 0.6) is 5.75 Å². The summed E-state index contributed by atoms with van der Waals surface area (Å²) in [5, 5.41) is 4.75. The number of nitrogens with zero attached hydrogens (tertiary/aromatic N) is 2. The van der Waals surface area contributed by atoms with Gasteiger partial charge in [0.2, 0.25) is 0 Å². The minimum Gasteiger partial charge on any atom is -0.483 e. The summed E-state index contributed by atoms with van der Waals surface area (Å²) in [6.45, 7) is 0.0693. The number of aromatic amines is 1. The van der Waals surface area contributed by atoms with Crippen LogP contribution in [0.25, 0.3) is 10.9 Å². The molecule has 0 aliphatic rings. The first-order valence-electron chi connectivity index (χ1n) is 8.15. The Hall–Kier alpha value is -3.29. The summed E-state index contributed by atoms with van der Waals surface area (Å²) in [5.74, 6) is 1.23. The van der Waals surface area contributed by atoms with Gasteiger partial charge in [-0.2, -0.15) is 18.2 Å². The van der Waals surface area contributed by atoms with E-state index in [4.69, 9.17) is 9.26 Å². The zero-order valence-electron chi connectivity index (χ0n) is 14.0. The Bertz CT molecular complexity index is 1070. The van der Waals surface area contributed by atoms with Gasteiger partial charge in [0.05, 0.1) is 5.56 Å². The molecule has 0 saturated heterocycles. The van der Waals surface area contributed by atoms with E-state index in [0.717, 1.165) is 23.0 Å². The third-order valence-electron chi connectivity index (χ3n) is 4.03. The molecule has 0 atom stereocenters. The summed E-state index contributed by atoms with van der Waals surface area (Å²) in [7, 11) is 0. The van der Waals surface area contributed by atoms with Gasteiger partial charge < -0.3 is 14.2 Å². The van der Waals surface area contributed by atoms with E-state index in [9.17, 15) is 13.2 Å². The van der Waals surface area contributed by atoms with Gasteiger partial charge in [-0.25, -0.2) is 0 Å². The van der Waals surface area contributed by atoms with Crippen molar-refractivity contribution in [2.45, 2.75) is 19.2 Å². The fraction of sp³-hybridized carbons (Fsp3) is 0.158. The standard InChI is InChI=1S/C19H14F3N3O2/c20-19(21,22)13-4-1-3-12(9-13)10-17-24-18(27-25-17)11-26-16-6-2-5-15-14(16)7-8-23-15/h1-9,23H,10-11H2. The Labute approximate surface area is 151 Å². The average molecular weight is 373 g/mol. The smallest absolute Gasteiger partial charge is 0.416 e. The summed E-state index contributed by atoms with van der Waals surface area (Å²) in [4.78, 5) is 7.28. The first-order chi connectivity index (χ1) is 13.0. The zero-order chi connectivity index (χ0) is 18.9. The van der Waals surface area contributed by atoms with E-state index in [1.54, 1.807) is 6.07 Å². The third kappa shape index (κ3) is 3.79. The van der Waals surface area contributed by atoms with Crippen LogP contribution in [0.4, 0.5) is 13.2 Å². The fourth-order valence-electron chi connectivity index (χ4n) is 2.78. The molecule has 0 amide bonds. The van der Waals surface area contributed by atoms with Gasteiger partial charge in [0.1, 0.15) is 5.75 Å². The van der Waals surface area contributed by atoms with Gasteiger partial charge in [-0.1, -0.05) is 29.4 Å². The van der Waals surface area contributed by atoms with E-state index in [2.05, 4.69) is 15.1 Å². The second-order valence-corrected chi connectivity index (χ2v) is 5.96. The van der Waals surface area contributed by atoms with Crippen LogP contribution in [0, 0.1) is 0 Å². The fourth-order valence-corrected chi connectivity index (χ4v) is 2.78. The van der Waals surface area contributed by atoms with Crippen molar-refractivity contribution in [3.63, 3.8) is 0 Å². The van der Waals surface area contributed by atoms with Gasteiger partial charge in [-0.15, -0.1) is 0 Å². The molecule has 0 aliphatic carbocycles. The highest BCUT2D eigenvalue weighted by Gasteiger charge is 2.30. The lowest BCUT2D eigenvalue weighted by atomic mass is 10.1. The number of fused-ring (bicyclic) bond motifs is 1. The Morgan fingerprint density at radius 3 is 2.78 bits per heavy atom. The molecular weight excluding hydrogens is 359 g/mol. The van der Waals surface area contributed by atoms with Crippen LogP contribution in [-0.4, -0.2) is 15.1 Å². The molecule has 0 aliphatic heterocycles. The van der Waals surface area contributed by atoms with Crippen molar-refractivity contribution in [3.05, 3.63) is 77.6 Å². The molecule has 0 bridgehead atoms. The number of hydrogen-bond acceptors (Lipinski definition) is 4. The number of halogens is 3. The van der Waals surface area contributed by atoms with Crippen LogP contribution in [0.2, 0.25) is 0 Å². The molecular formula is C19H14F3N3O2. The lowest BCUT2D eigenvalue weighted by Crippen LogP contribution is -2.05. The van der Waals surface area contributed by atoms with E-state index in [-0.39, 0.29) is 18.9 Å². The summed E-state index contributed by atoms with van der Waals surface area (Å²) in [6, 6.07) is 12.6. The van der Waals surface area contributed by atoms with Gasteiger partial charge in [0.25, 0.3) is 5.89 Å². The Kier molecular flexibility index (Phi) is 4.31. The van der Waals surface area contributed by atoms with Crippen LogP contribution in [0.1, 0.15) is 22.8 Å². The number of hydrogen-bond donors (Lipinski definition) is 1. The molecule has 138 valence electrons. The molecule has 5 nitrogen and oxygen atoms in total. The lowest BCUT2D eigenvalue weighted by molar-refractivity contribution is -0.137. The number of aromatic nitrogens is 3. The highest BCUT2D eigenvalue weighted by Crippen LogP contribution is 2.30. The van der Waals surface area contributed by atoms with Gasteiger partial charge in [0, 0.05) is 23.5 Å². The number of alkyl halides is 3. The van der Waals surface area contributed by atoms with Crippen molar-refractivity contribution >= 4 is 10.9 Å². The quantitative estimate of drug-likeness (QED) is 0.549. The number of ether oxygens (including phenoxy) is 1. The molecule has 0 spiro atoms. The SMILES string of the molecule is FC(F)(F)c1cccc(Cc2noc(COc3cccc4[nH]ccc34)n2)c1. The predicted molar refractivity (Wildman–Crippen MR) is 91.2 cm³/mol. The van der Waals surface area contributed by atoms with Crippen LogP contribution in [0.3, 0.4) is 0 Å². The zero-order valence-corrected chi connectivity index (χ0v) is 14.0. The van der Waals surface area contributed by atoms with E-state index < -0.39 is 11.7 Å². The number of nitrogens with one attached hydrogen (secondary N) is 1. The van der Waals surface area contributed by atoms with Gasteiger partial charge >= 0.3 is 6.18 Å². The molecule has 4 rings (SSSR count). The number of benzene rings is 2. The minimum atomic E-state index is -4.38. The molecule has 8 heteroatoms. The molecule has 27 heavy (non-hydrogen) atoms. The van der Waals surface area contributed by atoms with Crippen molar-refractivity contribution in [2.75, 3.05) is 0 Å². The van der Waals surface area contributed by atoms with Crippen LogP contribution in [0.15, 0.2) is 59.3 Å². The van der Waals surface area contributed by atoms with Gasteiger partial charge in [-0.3, -0.25) is 0 Å². The molecule has 0 unspecified atom stereocenters. The van der Waals surface area contributed by atoms with E-state index in [1.807, 2.05) is 30.5 Å². The van der Waals surface area contributed by atoms with Crippen LogP contribution < -0.4 is 4.74 Å². The van der Waals surface area contributed by atoms with Crippen LogP contribution >= 0.6 is 0 Å². The average Bonchev–Trinajstić information content (AvgIpc) is 3.29. The second-order valence-electron chi connectivity index (χ2n) is 5.96. The van der Waals surface area contributed by atoms with E-state index in [0.29, 0.717) is 17.1 Å². The van der Waals surface area contributed by atoms with E-state index >= 15 is 0 Å². The first-order valence-corrected chi connectivity index (χ1v) is 8.15. The molecule has 0 fully saturated rings. The first kappa shape index (κ1) is 17.1. The Balaban J connectivity index is 1.44. The summed E-state index contributed by atoms with van der Waals surface area (Å²) < 4.78 is 49.2. The maximum atomic E-state index is 12.8. The number of H-pyrrole nitrogens is 1. The minimum absolute atomic E-state index is 0.0693. The monoisotopic (exact) mass is 373 g/mol. The summed E-state index contributed by atoms with van der Waals surface area (Å²) >= 11 is 0. The predicted octanol–water partition coefficient (Wildman–Crippen LogP) is 4.74. The van der Waals surface area contributed by atoms with Crippen molar-refractivity contribution < 1.29 is 22.4 Å². The molecule has 0 radical (unpaired) electrons. The van der Waals surface area contributed by atoms with Crippen molar-refractivity contribution in [3.8, 4) is 5.75 Å². The second kappa shape index (κ2) is 6.79. The molecule has 0 saturated carbocycles. The van der Waals surface area contributed by atoms with Crippen molar-refractivity contribution in [2.24, 2.45) is 0 Å². The van der Waals surface area contributed by atoms with Crippen molar-refractivity contribution in [1.29, 1.82) is 0 Å². The molecule has 2 aromatic heterocycles. The highest BCUT2D eigenvalue weighted by atomic mass is 19.4. The van der Waals surface area contributed by atoms with E-state index in [1.165, 1.54) is 6.07 Å². The van der Waals surface area contributed by atoms with Crippen LogP contribution in [-0.2, 0) is 19.2 Å². The van der Waals surface area contributed by atoms with Gasteiger partial charge in [-0.05, 0) is 29.8 Å². The normalized spacial score (nSPS) is 11.8. The summed E-state index contributed by atoms with van der Waals surface area (Å²) in [6.07, 6.45) is -2.43. The number of rotatable bonds is 5. The Morgan fingerprint density at radius 1 is 1.07 bits per heavy atom. The maximum Gasteiger partial charge on any atom is 0.416 e. The van der Waals surface area contributed by atoms with Gasteiger partial charge in [0.15, 0.2) is 12.4 Å². The molecule has 2 aromatic carbocycles. The molecule has 4 aromatic rings. The highest BCUT2D eigenvalue weighted by molar-refractivity contribution is 5.85. The largest absolute Gasteiger partial charge is 0.483 e.